The fourth-order valence-corrected chi connectivity index (χ4v) is 7.30. The van der Waals surface area contributed by atoms with E-state index in [1.165, 1.54) is 32.5 Å². The van der Waals surface area contributed by atoms with E-state index in [9.17, 15) is 0 Å². The minimum absolute atomic E-state index is 0.214. The zero-order chi connectivity index (χ0) is 24.2. The van der Waals surface area contributed by atoms with Gasteiger partial charge in [-0.25, -0.2) is 0 Å². The number of hydrogen-bond donors (Lipinski definition) is 1. The van der Waals surface area contributed by atoms with Gasteiger partial charge in [-0.2, -0.15) is 0 Å². The summed E-state index contributed by atoms with van der Waals surface area (Å²) in [7, 11) is 2.12. The van der Waals surface area contributed by atoms with Crippen molar-refractivity contribution in [2.24, 2.45) is 5.41 Å². The highest BCUT2D eigenvalue weighted by molar-refractivity contribution is 8.00. The number of anilines is 1. The molecule has 0 bridgehead atoms. The molecule has 178 valence electrons. The van der Waals surface area contributed by atoms with Crippen molar-refractivity contribution in [1.82, 2.24) is 0 Å². The first-order valence-electron chi connectivity index (χ1n) is 12.6. The van der Waals surface area contributed by atoms with Crippen LogP contribution in [-0.4, -0.2) is 19.0 Å². The Morgan fingerprint density at radius 1 is 1.06 bits per heavy atom. The van der Waals surface area contributed by atoms with Gasteiger partial charge in [-0.3, -0.25) is 4.90 Å². The molecule has 0 saturated carbocycles. The second kappa shape index (κ2) is 8.61. The average molecular weight is 482 g/mol. The van der Waals surface area contributed by atoms with Gasteiger partial charge in [0, 0.05) is 24.6 Å². The Balaban J connectivity index is 1.33. The molecule has 3 aliphatic rings. The van der Waals surface area contributed by atoms with Crippen LogP contribution < -0.4 is 14.5 Å². The molecule has 35 heavy (non-hydrogen) atoms. The predicted molar refractivity (Wildman–Crippen MR) is 147 cm³/mol. The van der Waals surface area contributed by atoms with E-state index < -0.39 is 0 Å². The van der Waals surface area contributed by atoms with E-state index >= 15 is 0 Å². The molecule has 6 rings (SSSR count). The van der Waals surface area contributed by atoms with Gasteiger partial charge in [-0.15, -0.1) is 0 Å². The molecule has 0 amide bonds. The summed E-state index contributed by atoms with van der Waals surface area (Å²) in [5.74, 6) is 1.84. The fourth-order valence-electron chi connectivity index (χ4n) is 5.86. The molecule has 1 aliphatic carbocycles. The number of ether oxygens (including phenoxy) is 1. The average Bonchev–Trinajstić information content (AvgIpc) is 3.34. The molecule has 2 atom stereocenters. The monoisotopic (exact) mass is 481 g/mol. The van der Waals surface area contributed by atoms with Gasteiger partial charge in [0.05, 0.1) is 17.1 Å². The Bertz CT molecular complexity index is 1400. The number of para-hydroxylation sites is 1. The van der Waals surface area contributed by atoms with Crippen LogP contribution in [0.5, 0.6) is 5.75 Å². The van der Waals surface area contributed by atoms with Crippen LogP contribution in [0.3, 0.4) is 0 Å². The van der Waals surface area contributed by atoms with E-state index in [4.69, 9.17) is 4.74 Å². The molecule has 0 radical (unpaired) electrons. The molecular weight excluding hydrogens is 448 g/mol. The first-order chi connectivity index (χ1) is 16.9. The third kappa shape index (κ3) is 4.09. The summed E-state index contributed by atoms with van der Waals surface area (Å²) >= 11 is 2.00. The van der Waals surface area contributed by atoms with Crippen LogP contribution in [-0.2, 0) is 0 Å². The Morgan fingerprint density at radius 3 is 2.71 bits per heavy atom. The number of likely N-dealkylation sites (N-methyl/N-ethyl adjacent to an activating group) is 1. The number of hydrogen-bond acceptors (Lipinski definition) is 3. The lowest BCUT2D eigenvalue weighted by Crippen LogP contribution is -3.08. The van der Waals surface area contributed by atoms with Crippen molar-refractivity contribution >= 4 is 33.9 Å². The number of quaternary nitrogens is 1. The minimum Gasteiger partial charge on any atom is -0.439 e. The van der Waals surface area contributed by atoms with Crippen LogP contribution in [0, 0.1) is 5.41 Å². The fraction of sp³-hybridized carbons (Fsp3) is 0.290. The van der Waals surface area contributed by atoms with Crippen LogP contribution in [0.2, 0.25) is 0 Å². The van der Waals surface area contributed by atoms with Gasteiger partial charge in [0.1, 0.15) is 5.69 Å². The van der Waals surface area contributed by atoms with Crippen molar-refractivity contribution in [1.29, 1.82) is 0 Å². The molecule has 0 spiro atoms. The lowest BCUT2D eigenvalue weighted by atomic mass is 9.75. The number of allylic oxidation sites excluding steroid dienone is 4. The van der Waals surface area contributed by atoms with E-state index in [-0.39, 0.29) is 5.41 Å². The van der Waals surface area contributed by atoms with Gasteiger partial charge in [0.25, 0.3) is 0 Å². The lowest BCUT2D eigenvalue weighted by molar-refractivity contribution is -0.833. The summed E-state index contributed by atoms with van der Waals surface area (Å²) in [5, 5.41) is 2.89. The van der Waals surface area contributed by atoms with Gasteiger partial charge in [-0.05, 0) is 59.9 Å². The molecule has 0 fully saturated rings. The third-order valence-electron chi connectivity index (χ3n) is 7.37. The first kappa shape index (κ1) is 22.5. The van der Waals surface area contributed by atoms with Gasteiger partial charge in [0.15, 0.2) is 11.1 Å². The smallest absolute Gasteiger partial charge is 0.200 e. The number of nitrogens with zero attached hydrogens (tertiary/aromatic N) is 1. The van der Waals surface area contributed by atoms with Crippen LogP contribution >= 0.6 is 11.8 Å². The largest absolute Gasteiger partial charge is 0.439 e. The van der Waals surface area contributed by atoms with Crippen molar-refractivity contribution in [2.75, 3.05) is 18.5 Å². The first-order valence-corrected chi connectivity index (χ1v) is 13.5. The molecule has 3 aromatic carbocycles. The number of thioether (sulfide) groups is 1. The lowest BCUT2D eigenvalue weighted by Gasteiger charge is -2.31. The SMILES string of the molecule is CC[NH+]1c2ccccc2SC1/C=C1C=C(/C=C2\Oc3ccc4ccccc4c3N2C)CC(C)(C)C/1. The molecule has 2 unspecified atom stereocenters. The summed E-state index contributed by atoms with van der Waals surface area (Å²) in [6.07, 6.45) is 9.33. The highest BCUT2D eigenvalue weighted by atomic mass is 32.2. The second-order valence-electron chi connectivity index (χ2n) is 10.7. The Kier molecular flexibility index (Phi) is 5.54. The van der Waals surface area contributed by atoms with E-state index in [0.29, 0.717) is 5.37 Å². The molecular formula is C31H33N2OS+. The molecule has 0 aromatic heterocycles. The molecule has 2 aliphatic heterocycles. The zero-order valence-corrected chi connectivity index (χ0v) is 21.8. The van der Waals surface area contributed by atoms with Crippen molar-refractivity contribution in [2.45, 2.75) is 43.9 Å². The van der Waals surface area contributed by atoms with Crippen LogP contribution in [0.25, 0.3) is 10.8 Å². The second-order valence-corrected chi connectivity index (χ2v) is 11.9. The summed E-state index contributed by atoms with van der Waals surface area (Å²) in [6.45, 7) is 8.14. The Labute approximate surface area is 212 Å². The third-order valence-corrected chi connectivity index (χ3v) is 8.65. The van der Waals surface area contributed by atoms with Gasteiger partial charge in [0.2, 0.25) is 5.88 Å². The van der Waals surface area contributed by atoms with E-state index in [2.05, 4.69) is 112 Å². The van der Waals surface area contributed by atoms with Crippen LogP contribution in [0.4, 0.5) is 11.4 Å². The van der Waals surface area contributed by atoms with E-state index in [1.807, 2.05) is 11.8 Å². The standard InChI is InChI=1S/C31H32N2OS/c1-5-33-25-12-8-9-13-27(25)35-29(33)18-22-16-21(19-31(2,3)20-22)17-28-32(4)30-24-11-7-6-10-23(24)14-15-26(30)34-28/h6-18,29H,5,19-20H2,1-4H3/p+1/b22-18-,28-17-. The maximum atomic E-state index is 6.36. The van der Waals surface area contributed by atoms with Gasteiger partial charge < -0.3 is 9.64 Å². The normalized spacial score (nSPS) is 25.0. The summed E-state index contributed by atoms with van der Waals surface area (Å²) in [5.41, 5.74) is 5.59. The number of benzene rings is 3. The van der Waals surface area contributed by atoms with Crippen LogP contribution in [0.15, 0.2) is 101 Å². The summed E-state index contributed by atoms with van der Waals surface area (Å²) < 4.78 is 6.36. The molecule has 2 heterocycles. The molecule has 4 heteroatoms. The van der Waals surface area contributed by atoms with Gasteiger partial charge >= 0.3 is 0 Å². The molecule has 3 aromatic rings. The molecule has 0 saturated heterocycles. The summed E-state index contributed by atoms with van der Waals surface area (Å²) in [4.78, 5) is 5.17. The number of nitrogens with one attached hydrogen (secondary N) is 1. The maximum absolute atomic E-state index is 6.36. The van der Waals surface area contributed by atoms with Crippen molar-refractivity contribution in [3.05, 3.63) is 95.9 Å². The molecule has 1 N–H and O–H groups in total. The number of rotatable bonds is 3. The van der Waals surface area contributed by atoms with Gasteiger partial charge in [-0.1, -0.05) is 74.1 Å². The van der Waals surface area contributed by atoms with Crippen molar-refractivity contribution in [3.8, 4) is 5.75 Å². The predicted octanol–water partition coefficient (Wildman–Crippen LogP) is 6.85. The van der Waals surface area contributed by atoms with Crippen molar-refractivity contribution < 1.29 is 9.64 Å². The highest BCUT2D eigenvalue weighted by Crippen LogP contribution is 2.45. The Hall–Kier alpha value is -2.95. The summed E-state index contributed by atoms with van der Waals surface area (Å²) in [6, 6.07) is 21.6. The topological polar surface area (TPSA) is 16.9 Å². The highest BCUT2D eigenvalue weighted by Gasteiger charge is 2.34. The zero-order valence-electron chi connectivity index (χ0n) is 21.0. The molecule has 3 nitrogen and oxygen atoms in total. The van der Waals surface area contributed by atoms with E-state index in [1.54, 1.807) is 4.90 Å². The van der Waals surface area contributed by atoms with E-state index in [0.717, 1.165) is 36.7 Å². The maximum Gasteiger partial charge on any atom is 0.200 e. The Morgan fingerprint density at radius 2 is 1.86 bits per heavy atom. The van der Waals surface area contributed by atoms with Crippen molar-refractivity contribution in [3.63, 3.8) is 0 Å². The quantitative estimate of drug-likeness (QED) is 0.441. The minimum atomic E-state index is 0.214. The van der Waals surface area contributed by atoms with Crippen LogP contribution in [0.1, 0.15) is 33.6 Å². The number of fused-ring (bicyclic) bond motifs is 4.